The number of rotatable bonds is 2. The van der Waals surface area contributed by atoms with Crippen LogP contribution in [0.4, 0.5) is 11.6 Å². The molecular weight excluding hydrogens is 244 g/mol. The highest BCUT2D eigenvalue weighted by molar-refractivity contribution is 6.30. The molecule has 0 saturated carbocycles. The number of anilines is 2. The van der Waals surface area contributed by atoms with Crippen molar-refractivity contribution in [1.29, 1.82) is 0 Å². The molecule has 0 fully saturated rings. The first kappa shape index (κ1) is 11.4. The third-order valence-corrected chi connectivity index (χ3v) is 2.14. The number of nitrogen functional groups attached to an aromatic ring is 1. The van der Waals surface area contributed by atoms with Crippen LogP contribution < -0.4 is 11.1 Å². The molecule has 6 nitrogen and oxygen atoms in total. The van der Waals surface area contributed by atoms with E-state index >= 15 is 0 Å². The Balaban J connectivity index is 2.19. The SMILES string of the molecule is Cc1cc(NC(=O)c2cc(N)nc(Cl)c2)no1. The molecule has 0 aliphatic carbocycles. The minimum absolute atomic E-state index is 0.159. The molecule has 0 spiro atoms. The van der Waals surface area contributed by atoms with E-state index in [1.165, 1.54) is 12.1 Å². The number of aromatic nitrogens is 2. The molecule has 1 amide bonds. The normalized spacial score (nSPS) is 10.2. The van der Waals surface area contributed by atoms with Crippen LogP contribution in [0.1, 0.15) is 16.1 Å². The number of halogens is 1. The summed E-state index contributed by atoms with van der Waals surface area (Å²) in [4.78, 5) is 15.5. The van der Waals surface area contributed by atoms with Crippen molar-refractivity contribution in [2.75, 3.05) is 11.1 Å². The van der Waals surface area contributed by atoms with E-state index in [2.05, 4.69) is 15.5 Å². The van der Waals surface area contributed by atoms with E-state index in [-0.39, 0.29) is 16.9 Å². The average Bonchev–Trinajstić information content (AvgIpc) is 2.62. The molecule has 0 aromatic carbocycles. The van der Waals surface area contributed by atoms with Crippen LogP contribution in [0.3, 0.4) is 0 Å². The Morgan fingerprint density at radius 1 is 1.47 bits per heavy atom. The Morgan fingerprint density at radius 3 is 2.82 bits per heavy atom. The van der Waals surface area contributed by atoms with Gasteiger partial charge in [0, 0.05) is 11.6 Å². The molecule has 17 heavy (non-hydrogen) atoms. The van der Waals surface area contributed by atoms with Crippen molar-refractivity contribution in [2.24, 2.45) is 0 Å². The predicted molar refractivity (Wildman–Crippen MR) is 62.9 cm³/mol. The van der Waals surface area contributed by atoms with Crippen molar-refractivity contribution < 1.29 is 9.32 Å². The quantitative estimate of drug-likeness (QED) is 0.796. The zero-order valence-corrected chi connectivity index (χ0v) is 9.65. The molecule has 0 saturated heterocycles. The van der Waals surface area contributed by atoms with Gasteiger partial charge in [0.05, 0.1) is 0 Å². The summed E-state index contributed by atoms with van der Waals surface area (Å²) < 4.78 is 4.82. The topological polar surface area (TPSA) is 94.0 Å². The molecule has 2 aromatic heterocycles. The Morgan fingerprint density at radius 2 is 2.24 bits per heavy atom. The summed E-state index contributed by atoms with van der Waals surface area (Å²) in [7, 11) is 0. The van der Waals surface area contributed by atoms with Crippen molar-refractivity contribution in [3.05, 3.63) is 34.7 Å². The van der Waals surface area contributed by atoms with Gasteiger partial charge in [-0.3, -0.25) is 4.79 Å². The number of hydrogen-bond donors (Lipinski definition) is 2. The Kier molecular flexibility index (Phi) is 2.97. The fourth-order valence-electron chi connectivity index (χ4n) is 1.26. The molecule has 0 unspecified atom stereocenters. The Labute approximate surface area is 102 Å². The van der Waals surface area contributed by atoms with Gasteiger partial charge in [-0.15, -0.1) is 0 Å². The first-order valence-corrected chi connectivity index (χ1v) is 5.10. The molecule has 2 rings (SSSR count). The first-order valence-electron chi connectivity index (χ1n) is 4.72. The average molecular weight is 253 g/mol. The smallest absolute Gasteiger partial charge is 0.257 e. The molecule has 0 atom stereocenters. The number of carbonyl (C=O) groups is 1. The van der Waals surface area contributed by atoms with E-state index in [4.69, 9.17) is 21.9 Å². The minimum Gasteiger partial charge on any atom is -0.384 e. The van der Waals surface area contributed by atoms with E-state index in [0.29, 0.717) is 17.1 Å². The maximum atomic E-state index is 11.8. The number of carbonyl (C=O) groups excluding carboxylic acids is 1. The highest BCUT2D eigenvalue weighted by atomic mass is 35.5. The molecule has 0 aliphatic heterocycles. The zero-order valence-electron chi connectivity index (χ0n) is 8.90. The predicted octanol–water partition coefficient (Wildman–Crippen LogP) is 1.87. The van der Waals surface area contributed by atoms with Gasteiger partial charge >= 0.3 is 0 Å². The van der Waals surface area contributed by atoms with Gasteiger partial charge in [-0.1, -0.05) is 16.8 Å². The summed E-state index contributed by atoms with van der Waals surface area (Å²) in [5.41, 5.74) is 5.79. The van der Waals surface area contributed by atoms with Crippen LogP contribution >= 0.6 is 11.6 Å². The zero-order chi connectivity index (χ0) is 12.4. The fourth-order valence-corrected chi connectivity index (χ4v) is 1.48. The number of hydrogen-bond acceptors (Lipinski definition) is 5. The van der Waals surface area contributed by atoms with Crippen molar-refractivity contribution in [3.8, 4) is 0 Å². The summed E-state index contributed by atoms with van der Waals surface area (Å²) in [6.45, 7) is 1.73. The van der Waals surface area contributed by atoms with Gasteiger partial charge in [0.2, 0.25) is 0 Å². The van der Waals surface area contributed by atoms with Crippen LogP contribution in [-0.2, 0) is 0 Å². The standard InChI is InChI=1S/C10H9ClN4O2/c1-5-2-9(15-17-5)14-10(16)6-3-7(11)13-8(12)4-6/h2-4H,1H3,(H2,12,13)(H,14,15,16). The second-order valence-corrected chi connectivity index (χ2v) is 3.77. The lowest BCUT2D eigenvalue weighted by atomic mass is 10.2. The molecule has 2 aromatic rings. The van der Waals surface area contributed by atoms with Crippen molar-refractivity contribution in [2.45, 2.75) is 6.92 Å². The van der Waals surface area contributed by atoms with Crippen LogP contribution in [0.25, 0.3) is 0 Å². The maximum absolute atomic E-state index is 11.8. The number of amides is 1. The van der Waals surface area contributed by atoms with Gasteiger partial charge in [-0.05, 0) is 19.1 Å². The lowest BCUT2D eigenvalue weighted by molar-refractivity contribution is 0.102. The summed E-state index contributed by atoms with van der Waals surface area (Å²) in [5.74, 6) is 0.736. The molecule has 0 aliphatic rings. The van der Waals surface area contributed by atoms with Crippen molar-refractivity contribution in [1.82, 2.24) is 10.1 Å². The van der Waals surface area contributed by atoms with Gasteiger partial charge in [-0.25, -0.2) is 4.98 Å². The molecule has 2 heterocycles. The highest BCUT2D eigenvalue weighted by Gasteiger charge is 2.10. The minimum atomic E-state index is -0.380. The van der Waals surface area contributed by atoms with Crippen LogP contribution in [0.5, 0.6) is 0 Å². The number of pyridine rings is 1. The summed E-state index contributed by atoms with van der Waals surface area (Å²) in [6.07, 6.45) is 0. The summed E-state index contributed by atoms with van der Waals surface area (Å²) in [5, 5.41) is 6.35. The van der Waals surface area contributed by atoms with Crippen LogP contribution in [0.15, 0.2) is 22.7 Å². The van der Waals surface area contributed by atoms with E-state index in [9.17, 15) is 4.79 Å². The first-order chi connectivity index (χ1) is 8.04. The van der Waals surface area contributed by atoms with Gasteiger partial charge in [-0.2, -0.15) is 0 Å². The third-order valence-electron chi connectivity index (χ3n) is 1.95. The molecule has 88 valence electrons. The van der Waals surface area contributed by atoms with E-state index in [1.807, 2.05) is 0 Å². The van der Waals surface area contributed by atoms with Crippen molar-refractivity contribution >= 4 is 29.1 Å². The lowest BCUT2D eigenvalue weighted by Crippen LogP contribution is -2.12. The number of nitrogens with one attached hydrogen (secondary N) is 1. The highest BCUT2D eigenvalue weighted by Crippen LogP contribution is 2.14. The maximum Gasteiger partial charge on any atom is 0.257 e. The molecule has 0 radical (unpaired) electrons. The summed E-state index contributed by atoms with van der Waals surface area (Å²) in [6, 6.07) is 4.44. The Hall–Kier alpha value is -2.08. The second kappa shape index (κ2) is 4.42. The summed E-state index contributed by atoms with van der Waals surface area (Å²) >= 11 is 5.70. The van der Waals surface area contributed by atoms with Crippen LogP contribution in [0.2, 0.25) is 5.15 Å². The van der Waals surface area contributed by atoms with Gasteiger partial charge < -0.3 is 15.6 Å². The van der Waals surface area contributed by atoms with Crippen molar-refractivity contribution in [3.63, 3.8) is 0 Å². The molecule has 0 bridgehead atoms. The van der Waals surface area contributed by atoms with E-state index < -0.39 is 0 Å². The fraction of sp³-hybridized carbons (Fsp3) is 0.100. The van der Waals surface area contributed by atoms with Gasteiger partial charge in [0.15, 0.2) is 5.82 Å². The number of aryl methyl sites for hydroxylation is 1. The third kappa shape index (κ3) is 2.73. The van der Waals surface area contributed by atoms with Crippen LogP contribution in [-0.4, -0.2) is 16.0 Å². The second-order valence-electron chi connectivity index (χ2n) is 3.38. The monoisotopic (exact) mass is 252 g/mol. The molecule has 7 heteroatoms. The van der Waals surface area contributed by atoms with Gasteiger partial charge in [0.1, 0.15) is 16.7 Å². The van der Waals surface area contributed by atoms with Gasteiger partial charge in [0.25, 0.3) is 5.91 Å². The number of nitrogens with two attached hydrogens (primary N) is 1. The Bertz CT molecular complexity index is 547. The number of nitrogens with zero attached hydrogens (tertiary/aromatic N) is 2. The molecular formula is C10H9ClN4O2. The molecule has 3 N–H and O–H groups in total. The largest absolute Gasteiger partial charge is 0.384 e. The lowest BCUT2D eigenvalue weighted by Gasteiger charge is -2.02. The van der Waals surface area contributed by atoms with Crippen LogP contribution in [0, 0.1) is 6.92 Å². The van der Waals surface area contributed by atoms with E-state index in [1.54, 1.807) is 13.0 Å². The van der Waals surface area contributed by atoms with E-state index in [0.717, 1.165) is 0 Å².